The molecule has 0 aromatic carbocycles. The van der Waals surface area contributed by atoms with Crippen molar-refractivity contribution in [2.24, 2.45) is 28.1 Å². The number of hydrogen-bond donors (Lipinski definition) is 4. The monoisotopic (exact) mass is 550 g/mol. The number of fused-ring (bicyclic) bond motifs is 6. The maximum atomic E-state index is 12.5. The summed E-state index contributed by atoms with van der Waals surface area (Å²) in [6.45, 7) is 4.14. The minimum atomic E-state index is -1.10. The van der Waals surface area contributed by atoms with Gasteiger partial charge in [-0.15, -0.1) is 0 Å². The van der Waals surface area contributed by atoms with Gasteiger partial charge in [0.2, 0.25) is 0 Å². The van der Waals surface area contributed by atoms with Crippen LogP contribution in [0.2, 0.25) is 0 Å². The Kier molecular flexibility index (Phi) is 6.82. The van der Waals surface area contributed by atoms with Crippen LogP contribution in [0.4, 0.5) is 0 Å². The Morgan fingerprint density at radius 3 is 2.54 bits per heavy atom. The summed E-state index contributed by atoms with van der Waals surface area (Å²) >= 11 is 0. The summed E-state index contributed by atoms with van der Waals surface area (Å²) in [5.41, 5.74) is -3.58. The van der Waals surface area contributed by atoms with E-state index in [1.165, 1.54) is 6.08 Å². The van der Waals surface area contributed by atoms with E-state index in [4.69, 9.17) is 18.9 Å². The van der Waals surface area contributed by atoms with Crippen molar-refractivity contribution in [1.82, 2.24) is 0 Å². The predicted octanol–water partition coefficient (Wildman–Crippen LogP) is 2.23. The summed E-state index contributed by atoms with van der Waals surface area (Å²) in [6, 6.07) is 0. The van der Waals surface area contributed by atoms with Crippen molar-refractivity contribution in [3.8, 4) is 0 Å². The quantitative estimate of drug-likeness (QED) is 0.307. The van der Waals surface area contributed by atoms with Gasteiger partial charge in [-0.25, -0.2) is 4.79 Å². The first kappa shape index (κ1) is 28.1. The van der Waals surface area contributed by atoms with Crippen molar-refractivity contribution < 1.29 is 44.2 Å². The van der Waals surface area contributed by atoms with Crippen LogP contribution in [0.3, 0.4) is 0 Å². The maximum Gasteiger partial charge on any atom is 0.330 e. The van der Waals surface area contributed by atoms with Gasteiger partial charge in [0, 0.05) is 42.3 Å². The van der Waals surface area contributed by atoms with E-state index >= 15 is 0 Å². The first-order valence-corrected chi connectivity index (χ1v) is 14.9. The normalized spacial score (nSPS) is 55.1. The van der Waals surface area contributed by atoms with Crippen LogP contribution in [0.5, 0.6) is 0 Å². The first-order chi connectivity index (χ1) is 18.5. The minimum absolute atomic E-state index is 0.00971. The molecule has 39 heavy (non-hydrogen) atoms. The summed E-state index contributed by atoms with van der Waals surface area (Å²) in [7, 11) is 1.58. The third-order valence-corrected chi connectivity index (χ3v) is 12.6. The molecular formula is C30H46O9. The van der Waals surface area contributed by atoms with Crippen molar-refractivity contribution in [3.05, 3.63) is 12.2 Å². The fourth-order valence-corrected chi connectivity index (χ4v) is 10.2. The number of carbonyl (C=O) groups excluding carboxylic acids is 1. The minimum Gasteiger partial charge on any atom is -0.462 e. The Labute approximate surface area is 230 Å². The van der Waals surface area contributed by atoms with E-state index < -0.39 is 40.5 Å². The Hall–Kier alpha value is -1.07. The average Bonchev–Trinajstić information content (AvgIpc) is 3.14. The molecule has 5 fully saturated rings. The summed E-state index contributed by atoms with van der Waals surface area (Å²) in [6.07, 6.45) is 7.49. The van der Waals surface area contributed by atoms with Crippen molar-refractivity contribution in [1.29, 1.82) is 0 Å². The number of cyclic esters (lactones) is 1. The molecule has 0 aromatic heterocycles. The zero-order valence-corrected chi connectivity index (χ0v) is 23.5. The molecule has 1 spiro atoms. The second-order valence-corrected chi connectivity index (χ2v) is 13.8. The van der Waals surface area contributed by atoms with Gasteiger partial charge >= 0.3 is 5.97 Å². The molecule has 4 saturated carbocycles. The Balaban J connectivity index is 1.22. The lowest BCUT2D eigenvalue weighted by molar-refractivity contribution is -0.300. The van der Waals surface area contributed by atoms with E-state index in [2.05, 4.69) is 6.92 Å². The number of methoxy groups -OCH3 is 1. The topological polar surface area (TPSA) is 135 Å². The smallest absolute Gasteiger partial charge is 0.330 e. The molecule has 6 aliphatic rings. The van der Waals surface area contributed by atoms with E-state index in [1.54, 1.807) is 14.0 Å². The van der Waals surface area contributed by atoms with Crippen LogP contribution in [-0.2, 0) is 23.7 Å². The van der Waals surface area contributed by atoms with E-state index in [1.807, 2.05) is 6.08 Å². The van der Waals surface area contributed by atoms with Gasteiger partial charge in [0.05, 0.1) is 36.1 Å². The predicted molar refractivity (Wildman–Crippen MR) is 139 cm³/mol. The van der Waals surface area contributed by atoms with Gasteiger partial charge in [-0.2, -0.15) is 0 Å². The van der Waals surface area contributed by atoms with Gasteiger partial charge in [0.1, 0.15) is 12.7 Å². The summed E-state index contributed by atoms with van der Waals surface area (Å²) in [5.74, 6) is -0.376. The lowest BCUT2D eigenvalue weighted by Gasteiger charge is -2.67. The van der Waals surface area contributed by atoms with E-state index in [0.29, 0.717) is 51.6 Å². The Morgan fingerprint density at radius 2 is 1.85 bits per heavy atom. The number of hydrogen-bond acceptors (Lipinski definition) is 9. The van der Waals surface area contributed by atoms with Crippen LogP contribution >= 0.6 is 0 Å². The number of aliphatic hydroxyl groups excluding tert-OH is 2. The molecule has 9 heteroatoms. The number of aliphatic hydroxyl groups is 4. The van der Waals surface area contributed by atoms with Crippen LogP contribution in [0.25, 0.3) is 0 Å². The standard InChI is InChI=1S/C30H46O9/c1-18-25(33)22(36-3)14-24(38-18)39-19-4-10-28(16-31)20-5-8-26(2)27(9-7-23(32)37-17-27)12-13-30(26,35)21(20)6-11-29(28,34)15-19/h7,9,18-22,24-25,31,33-35H,4-6,8,10-17H2,1-3H3/t18-,19-,20+,21-,22-,24+,25+,26+,27+,28-,29+,30-/m0/s1. The van der Waals surface area contributed by atoms with Crippen LogP contribution in [0.1, 0.15) is 78.1 Å². The molecule has 4 N–H and O–H groups in total. The van der Waals surface area contributed by atoms with Crippen molar-refractivity contribution in [3.63, 3.8) is 0 Å². The molecule has 0 amide bonds. The third-order valence-electron chi connectivity index (χ3n) is 12.6. The van der Waals surface area contributed by atoms with E-state index in [9.17, 15) is 25.2 Å². The van der Waals surface area contributed by atoms with Crippen LogP contribution in [-0.4, -0.2) is 88.6 Å². The van der Waals surface area contributed by atoms with Gasteiger partial charge in [-0.3, -0.25) is 0 Å². The zero-order valence-electron chi connectivity index (χ0n) is 23.5. The zero-order chi connectivity index (χ0) is 27.8. The molecule has 220 valence electrons. The SMILES string of the molecule is CO[C@H]1C[C@@H](O[C@H]2CC[C@]3(CO)[C@@H]4CC[C@]5(C)[C@]6(C=CC(=O)OC6)CC[C@]5(O)[C@H]4CC[C@@]3(O)C2)O[C@@H](C)[C@H]1O. The number of esters is 1. The molecule has 2 aliphatic heterocycles. The highest BCUT2D eigenvalue weighted by Crippen LogP contribution is 2.73. The highest BCUT2D eigenvalue weighted by molar-refractivity contribution is 5.83. The molecule has 6 rings (SSSR count). The largest absolute Gasteiger partial charge is 0.462 e. The van der Waals surface area contributed by atoms with Crippen molar-refractivity contribution >= 4 is 5.97 Å². The molecule has 12 atom stereocenters. The summed E-state index contributed by atoms with van der Waals surface area (Å²) in [5, 5.41) is 46.0. The Morgan fingerprint density at radius 1 is 1.08 bits per heavy atom. The van der Waals surface area contributed by atoms with Crippen molar-refractivity contribution in [2.75, 3.05) is 20.3 Å². The highest BCUT2D eigenvalue weighted by Gasteiger charge is 2.74. The molecule has 0 radical (unpaired) electrons. The molecule has 1 saturated heterocycles. The maximum absolute atomic E-state index is 12.5. The molecule has 4 aliphatic carbocycles. The first-order valence-electron chi connectivity index (χ1n) is 14.9. The molecule has 2 heterocycles. The lowest BCUT2D eigenvalue weighted by Crippen LogP contribution is -2.70. The molecule has 9 nitrogen and oxygen atoms in total. The Bertz CT molecular complexity index is 1000. The van der Waals surface area contributed by atoms with Gasteiger partial charge in [0.25, 0.3) is 0 Å². The van der Waals surface area contributed by atoms with E-state index in [-0.39, 0.29) is 42.0 Å². The summed E-state index contributed by atoms with van der Waals surface area (Å²) in [4.78, 5) is 11.8. The number of ether oxygens (including phenoxy) is 4. The fraction of sp³-hybridized carbons (Fsp3) is 0.900. The lowest BCUT2D eigenvalue weighted by atomic mass is 9.40. The average molecular weight is 551 g/mol. The van der Waals surface area contributed by atoms with Gasteiger partial charge in [-0.1, -0.05) is 13.0 Å². The molecular weight excluding hydrogens is 504 g/mol. The van der Waals surface area contributed by atoms with Gasteiger partial charge < -0.3 is 39.4 Å². The van der Waals surface area contributed by atoms with Gasteiger partial charge in [0.15, 0.2) is 6.29 Å². The van der Waals surface area contributed by atoms with Crippen LogP contribution in [0, 0.1) is 28.1 Å². The second-order valence-electron chi connectivity index (χ2n) is 13.8. The fourth-order valence-electron chi connectivity index (χ4n) is 10.2. The second kappa shape index (κ2) is 9.48. The highest BCUT2D eigenvalue weighted by atomic mass is 16.7. The number of rotatable bonds is 4. The molecule has 0 bridgehead atoms. The van der Waals surface area contributed by atoms with Crippen LogP contribution < -0.4 is 0 Å². The van der Waals surface area contributed by atoms with Crippen molar-refractivity contribution in [2.45, 2.75) is 120 Å². The summed E-state index contributed by atoms with van der Waals surface area (Å²) < 4.78 is 23.2. The van der Waals surface area contributed by atoms with Gasteiger partial charge in [-0.05, 0) is 70.1 Å². The number of carbonyl (C=O) groups is 1. The van der Waals surface area contributed by atoms with E-state index in [0.717, 1.165) is 19.3 Å². The third kappa shape index (κ3) is 3.80. The molecule has 0 unspecified atom stereocenters. The van der Waals surface area contributed by atoms with Crippen LogP contribution in [0.15, 0.2) is 12.2 Å². The molecule has 0 aromatic rings.